The van der Waals surface area contributed by atoms with E-state index in [9.17, 15) is 19.4 Å². The molecule has 0 heterocycles. The topological polar surface area (TPSA) is 108 Å². The van der Waals surface area contributed by atoms with Crippen molar-refractivity contribution < 1.29 is 32.9 Å². The minimum atomic E-state index is -4.61. The summed E-state index contributed by atoms with van der Waals surface area (Å²) in [4.78, 5) is 25.4. The Hall–Kier alpha value is -1.80. The third kappa shape index (κ3) is 52.0. The number of nitrogens with zero attached hydrogens (tertiary/aromatic N) is 1. The van der Waals surface area contributed by atoms with Gasteiger partial charge >= 0.3 is 0 Å². The number of hydrogen-bond acceptors (Lipinski definition) is 6. The molecule has 1 amide bonds. The largest absolute Gasteiger partial charge is 0.756 e. The summed E-state index contributed by atoms with van der Waals surface area (Å²) in [6.45, 7) is 4.58. The first-order valence-corrected chi connectivity index (χ1v) is 30.1. The third-order valence-electron chi connectivity index (χ3n) is 12.7. The zero-order chi connectivity index (χ0) is 49.9. The van der Waals surface area contributed by atoms with Crippen LogP contribution in [-0.4, -0.2) is 68.5 Å². The lowest BCUT2D eigenvalue weighted by Crippen LogP contribution is -2.45. The zero-order valence-corrected chi connectivity index (χ0v) is 46.2. The maximum atomic E-state index is 12.9. The predicted octanol–water partition coefficient (Wildman–Crippen LogP) is 16.7. The van der Waals surface area contributed by atoms with E-state index < -0.39 is 26.6 Å². The number of phosphoric acid groups is 1. The molecule has 2 N–H and O–H groups in total. The summed E-state index contributed by atoms with van der Waals surface area (Å²) in [5.74, 6) is -0.226. The van der Waals surface area contributed by atoms with E-state index in [1.165, 1.54) is 167 Å². The van der Waals surface area contributed by atoms with Crippen molar-refractivity contribution in [3.8, 4) is 0 Å². The highest BCUT2D eigenvalue weighted by atomic mass is 31.2. The van der Waals surface area contributed by atoms with Crippen molar-refractivity contribution in [2.75, 3.05) is 40.9 Å². The lowest BCUT2D eigenvalue weighted by Gasteiger charge is -2.29. The molecule has 0 bridgehead atoms. The van der Waals surface area contributed by atoms with E-state index in [0.29, 0.717) is 17.4 Å². The number of carbonyl (C=O) groups is 1. The summed E-state index contributed by atoms with van der Waals surface area (Å²) in [6.07, 6.45) is 67.5. The molecule has 0 aliphatic heterocycles. The van der Waals surface area contributed by atoms with Gasteiger partial charge in [0.2, 0.25) is 5.91 Å². The molecule has 398 valence electrons. The Balaban J connectivity index is 4.18. The Morgan fingerprint density at radius 1 is 0.515 bits per heavy atom. The summed E-state index contributed by atoms with van der Waals surface area (Å²) in [6, 6.07) is -0.919. The second kappa shape index (κ2) is 50.2. The maximum Gasteiger partial charge on any atom is 0.268 e. The average Bonchev–Trinajstić information content (AvgIpc) is 3.30. The van der Waals surface area contributed by atoms with E-state index >= 15 is 0 Å². The van der Waals surface area contributed by atoms with Gasteiger partial charge in [0, 0.05) is 6.42 Å². The van der Waals surface area contributed by atoms with E-state index in [4.69, 9.17) is 9.05 Å². The minimum absolute atomic E-state index is 0.0139. The highest BCUT2D eigenvalue weighted by Gasteiger charge is 2.23. The van der Waals surface area contributed by atoms with Crippen LogP contribution in [-0.2, 0) is 18.4 Å². The molecule has 0 spiro atoms. The SMILES string of the molecule is CCCC/C=C\C/C=C\CCCCCCCC(=O)NC(COP(=O)([O-])OCC[N+](C)(C)C)C(O)/C=C/CC/C=C/CC/C=C/CCCCCCCCCCCCCCCCCCCCCCCC. The molecule has 0 aromatic heterocycles. The predicted molar refractivity (Wildman–Crippen MR) is 293 cm³/mol. The van der Waals surface area contributed by atoms with Gasteiger partial charge in [-0.3, -0.25) is 9.36 Å². The molecular formula is C59H111N2O6P. The molecule has 3 atom stereocenters. The smallest absolute Gasteiger partial charge is 0.268 e. The molecule has 0 aromatic rings. The van der Waals surface area contributed by atoms with E-state index in [2.05, 4.69) is 67.8 Å². The Bertz CT molecular complexity index is 1290. The molecule has 0 saturated heterocycles. The zero-order valence-electron chi connectivity index (χ0n) is 45.3. The fraction of sp³-hybridized carbons (Fsp3) is 0.814. The van der Waals surface area contributed by atoms with Crippen molar-refractivity contribution in [3.05, 3.63) is 60.8 Å². The first kappa shape index (κ1) is 66.2. The molecule has 0 fully saturated rings. The van der Waals surface area contributed by atoms with Gasteiger partial charge in [0.1, 0.15) is 13.2 Å². The number of amides is 1. The first-order chi connectivity index (χ1) is 33.0. The number of nitrogens with one attached hydrogen (secondary N) is 1. The van der Waals surface area contributed by atoms with Crippen molar-refractivity contribution in [1.29, 1.82) is 0 Å². The van der Waals surface area contributed by atoms with E-state index in [1.54, 1.807) is 6.08 Å². The highest BCUT2D eigenvalue weighted by molar-refractivity contribution is 7.45. The summed E-state index contributed by atoms with van der Waals surface area (Å²) in [5, 5.41) is 13.8. The van der Waals surface area contributed by atoms with Gasteiger partial charge in [-0.2, -0.15) is 0 Å². The molecule has 3 unspecified atom stereocenters. The molecule has 0 aromatic carbocycles. The van der Waals surface area contributed by atoms with E-state index in [-0.39, 0.29) is 12.5 Å². The van der Waals surface area contributed by atoms with Crippen molar-refractivity contribution >= 4 is 13.7 Å². The van der Waals surface area contributed by atoms with Crippen LogP contribution < -0.4 is 10.2 Å². The van der Waals surface area contributed by atoms with E-state index in [0.717, 1.165) is 70.6 Å². The normalized spacial score (nSPS) is 14.4. The van der Waals surface area contributed by atoms with Gasteiger partial charge in [-0.15, -0.1) is 0 Å². The van der Waals surface area contributed by atoms with Gasteiger partial charge in [-0.1, -0.05) is 242 Å². The summed E-state index contributed by atoms with van der Waals surface area (Å²) in [5.41, 5.74) is 0. The van der Waals surface area contributed by atoms with Crippen molar-refractivity contribution in [2.24, 2.45) is 0 Å². The maximum absolute atomic E-state index is 12.9. The molecule has 0 rings (SSSR count). The lowest BCUT2D eigenvalue weighted by molar-refractivity contribution is -0.870. The Labute approximate surface area is 422 Å². The number of rotatable bonds is 52. The van der Waals surface area contributed by atoms with Gasteiger partial charge in [0.25, 0.3) is 7.82 Å². The number of unbranched alkanes of at least 4 members (excludes halogenated alkanes) is 31. The van der Waals surface area contributed by atoms with Crippen molar-refractivity contribution in [1.82, 2.24) is 5.32 Å². The highest BCUT2D eigenvalue weighted by Crippen LogP contribution is 2.38. The molecular weight excluding hydrogens is 864 g/mol. The van der Waals surface area contributed by atoms with Crippen LogP contribution in [0, 0.1) is 0 Å². The van der Waals surface area contributed by atoms with Gasteiger partial charge < -0.3 is 28.8 Å². The monoisotopic (exact) mass is 975 g/mol. The van der Waals surface area contributed by atoms with Gasteiger partial charge in [0.15, 0.2) is 0 Å². The average molecular weight is 976 g/mol. The molecule has 0 saturated carbocycles. The second-order valence-electron chi connectivity index (χ2n) is 20.6. The van der Waals surface area contributed by atoms with Crippen LogP contribution in [0.25, 0.3) is 0 Å². The summed E-state index contributed by atoms with van der Waals surface area (Å²) in [7, 11) is 1.22. The number of hydrogen-bond donors (Lipinski definition) is 2. The third-order valence-corrected chi connectivity index (χ3v) is 13.6. The number of carbonyl (C=O) groups excluding carboxylic acids is 1. The molecule has 0 radical (unpaired) electrons. The number of phosphoric ester groups is 1. The first-order valence-electron chi connectivity index (χ1n) is 28.7. The number of aliphatic hydroxyl groups is 1. The quantitative estimate of drug-likeness (QED) is 0.0272. The van der Waals surface area contributed by atoms with Crippen LogP contribution in [0.3, 0.4) is 0 Å². The second-order valence-corrected chi connectivity index (χ2v) is 22.0. The molecule has 0 aliphatic rings. The van der Waals surface area contributed by atoms with Crippen molar-refractivity contribution in [3.63, 3.8) is 0 Å². The summed E-state index contributed by atoms with van der Waals surface area (Å²) >= 11 is 0. The van der Waals surface area contributed by atoms with Crippen LogP contribution in [0.4, 0.5) is 0 Å². The Morgan fingerprint density at radius 2 is 0.882 bits per heavy atom. The fourth-order valence-corrected chi connectivity index (χ4v) is 8.87. The van der Waals surface area contributed by atoms with Crippen LogP contribution in [0.5, 0.6) is 0 Å². The van der Waals surface area contributed by atoms with Crippen LogP contribution in [0.1, 0.15) is 258 Å². The molecule has 9 heteroatoms. The number of aliphatic hydroxyl groups excluding tert-OH is 1. The van der Waals surface area contributed by atoms with E-state index in [1.807, 2.05) is 27.2 Å². The van der Waals surface area contributed by atoms with Crippen LogP contribution in [0.15, 0.2) is 60.8 Å². The molecule has 8 nitrogen and oxygen atoms in total. The lowest BCUT2D eigenvalue weighted by atomic mass is 10.0. The van der Waals surface area contributed by atoms with Gasteiger partial charge in [-0.05, 0) is 70.6 Å². The fourth-order valence-electron chi connectivity index (χ4n) is 8.14. The number of likely N-dealkylation sites (N-methyl/N-ethyl adjacent to an activating group) is 1. The standard InChI is InChI=1S/C59H111N2O6P/c1-6-8-10-12-14-16-18-20-22-23-24-25-26-27-28-29-30-31-32-33-34-35-36-37-38-39-40-42-44-46-48-50-52-58(62)57(56-67-68(64,65)66-55-54-61(3,4)5)60-59(63)53-51-49-47-45-43-41-21-19-17-15-13-11-9-7-2/h13,15,19,21,37-38,42,44,50,52,57-58,62H,6-12,14,16-18,20,22-36,39-41,43,45-49,51,53-56H2,1-5H3,(H-,60,63,64,65)/b15-13-,21-19-,38-37+,44-42+,52-50+. The molecule has 68 heavy (non-hydrogen) atoms. The number of allylic oxidation sites excluding steroid dienone is 9. The number of quaternary nitrogens is 1. The van der Waals surface area contributed by atoms with Crippen LogP contribution in [0.2, 0.25) is 0 Å². The van der Waals surface area contributed by atoms with Gasteiger partial charge in [0.05, 0.1) is 39.9 Å². The van der Waals surface area contributed by atoms with Crippen molar-refractivity contribution in [2.45, 2.75) is 270 Å². The van der Waals surface area contributed by atoms with Gasteiger partial charge in [-0.25, -0.2) is 0 Å². The Kier molecular flexibility index (Phi) is 48.8. The summed E-state index contributed by atoms with van der Waals surface area (Å²) < 4.78 is 23.3. The minimum Gasteiger partial charge on any atom is -0.756 e. The molecule has 0 aliphatic carbocycles. The van der Waals surface area contributed by atoms with Crippen LogP contribution >= 0.6 is 7.82 Å². The Morgan fingerprint density at radius 3 is 1.32 bits per heavy atom.